The van der Waals surface area contributed by atoms with E-state index in [1.54, 1.807) is 9.80 Å². The van der Waals surface area contributed by atoms with Gasteiger partial charge in [0.2, 0.25) is 0 Å². The molecule has 3 aromatic carbocycles. The van der Waals surface area contributed by atoms with Gasteiger partial charge in [-0.3, -0.25) is 4.98 Å². The number of ether oxygens (including phenoxy) is 2. The summed E-state index contributed by atoms with van der Waals surface area (Å²) in [6.45, 7) is 11.1. The van der Waals surface area contributed by atoms with Crippen LogP contribution in [0.15, 0.2) is 109 Å². The summed E-state index contributed by atoms with van der Waals surface area (Å²) in [5.74, 6) is -0.385. The molecule has 7 heteroatoms. The molecule has 0 spiro atoms. The minimum Gasteiger partial charge on any atom is -0.458 e. The summed E-state index contributed by atoms with van der Waals surface area (Å²) >= 11 is 0. The molecule has 0 radical (unpaired) electrons. The molecule has 1 aliphatic rings. The van der Waals surface area contributed by atoms with Crippen LogP contribution in [0.25, 0.3) is 0 Å². The normalized spacial score (nSPS) is 15.1. The van der Waals surface area contributed by atoms with E-state index in [2.05, 4.69) is 36.4 Å². The fourth-order valence-electron chi connectivity index (χ4n) is 6.10. The van der Waals surface area contributed by atoms with Crippen molar-refractivity contribution in [2.75, 3.05) is 13.1 Å². The van der Waals surface area contributed by atoms with Crippen LogP contribution in [0.2, 0.25) is 0 Å². The fraction of sp³-hybridized carbons (Fsp3) is 0.359. The SMILES string of the molecule is CC[C@H](C)[C@@H](C(=O)OC(C)(C)C)N1CCN(Cc2cccc(COC(c3ccccc3)(c3ccccc3)c3ccccc3)n2)C1=O. The maximum Gasteiger partial charge on any atom is 0.329 e. The van der Waals surface area contributed by atoms with E-state index >= 15 is 0 Å². The Hall–Kier alpha value is -4.49. The van der Waals surface area contributed by atoms with E-state index in [-0.39, 0.29) is 24.5 Å². The van der Waals surface area contributed by atoms with Crippen molar-refractivity contribution < 1.29 is 19.1 Å². The minimum absolute atomic E-state index is 0.0311. The molecule has 0 saturated carbocycles. The molecule has 1 saturated heterocycles. The highest BCUT2D eigenvalue weighted by Gasteiger charge is 2.42. The summed E-state index contributed by atoms with van der Waals surface area (Å²) in [6.07, 6.45) is 0.758. The van der Waals surface area contributed by atoms with E-state index in [0.717, 1.165) is 34.5 Å². The minimum atomic E-state index is -0.862. The van der Waals surface area contributed by atoms with Gasteiger partial charge in [0.25, 0.3) is 0 Å². The van der Waals surface area contributed by atoms with Gasteiger partial charge in [0.15, 0.2) is 0 Å². The van der Waals surface area contributed by atoms with Gasteiger partial charge < -0.3 is 19.3 Å². The predicted molar refractivity (Wildman–Crippen MR) is 180 cm³/mol. The van der Waals surface area contributed by atoms with Gasteiger partial charge in [-0.1, -0.05) is 117 Å². The molecular weight excluding hydrogens is 574 g/mol. The first-order valence-corrected chi connectivity index (χ1v) is 16.2. The average Bonchev–Trinajstić information content (AvgIpc) is 3.41. The number of amides is 2. The zero-order valence-corrected chi connectivity index (χ0v) is 27.6. The zero-order valence-electron chi connectivity index (χ0n) is 27.6. The van der Waals surface area contributed by atoms with Crippen LogP contribution in [-0.4, -0.2) is 51.5 Å². The van der Waals surface area contributed by atoms with Gasteiger partial charge in [-0.05, 0) is 55.5 Å². The van der Waals surface area contributed by atoms with E-state index in [9.17, 15) is 9.59 Å². The van der Waals surface area contributed by atoms with Crippen LogP contribution in [0, 0.1) is 5.92 Å². The first-order chi connectivity index (χ1) is 22.1. The topological polar surface area (TPSA) is 72.0 Å². The first kappa shape index (κ1) is 32.9. The lowest BCUT2D eigenvalue weighted by atomic mass is 9.80. The average molecular weight is 620 g/mol. The Morgan fingerprint density at radius 2 is 1.30 bits per heavy atom. The van der Waals surface area contributed by atoms with Gasteiger partial charge in [0.05, 0.1) is 24.5 Å². The van der Waals surface area contributed by atoms with E-state index < -0.39 is 17.2 Å². The van der Waals surface area contributed by atoms with E-state index in [1.807, 2.05) is 107 Å². The Balaban J connectivity index is 1.37. The predicted octanol–water partition coefficient (Wildman–Crippen LogP) is 7.58. The van der Waals surface area contributed by atoms with Crippen molar-refractivity contribution >= 4 is 12.0 Å². The van der Waals surface area contributed by atoms with Crippen LogP contribution in [0.3, 0.4) is 0 Å². The summed E-state index contributed by atoms with van der Waals surface area (Å²) < 4.78 is 12.7. The lowest BCUT2D eigenvalue weighted by Gasteiger charge is -2.36. The number of carbonyl (C=O) groups excluding carboxylic acids is 2. The molecule has 46 heavy (non-hydrogen) atoms. The van der Waals surface area contributed by atoms with Crippen LogP contribution in [0.5, 0.6) is 0 Å². The van der Waals surface area contributed by atoms with E-state index in [4.69, 9.17) is 14.5 Å². The second kappa shape index (κ2) is 14.3. The molecular formula is C39H45N3O4. The third-order valence-electron chi connectivity index (χ3n) is 8.49. The Labute approximate surface area is 273 Å². The smallest absolute Gasteiger partial charge is 0.329 e. The fourth-order valence-corrected chi connectivity index (χ4v) is 6.10. The molecule has 7 nitrogen and oxygen atoms in total. The Bertz CT molecular complexity index is 1490. The van der Waals surface area contributed by atoms with Gasteiger partial charge in [-0.25, -0.2) is 9.59 Å². The molecule has 2 amide bonds. The lowest BCUT2D eigenvalue weighted by molar-refractivity contribution is -0.162. The van der Waals surface area contributed by atoms with Gasteiger partial charge in [0, 0.05) is 13.1 Å². The van der Waals surface area contributed by atoms with Gasteiger partial charge in [0.1, 0.15) is 17.2 Å². The number of hydrogen-bond donors (Lipinski definition) is 0. The molecule has 0 N–H and O–H groups in total. The van der Waals surface area contributed by atoms with Crippen molar-refractivity contribution in [2.24, 2.45) is 5.92 Å². The van der Waals surface area contributed by atoms with Gasteiger partial charge in [-0.2, -0.15) is 0 Å². The number of pyridine rings is 1. The van der Waals surface area contributed by atoms with Crippen molar-refractivity contribution in [3.8, 4) is 0 Å². The summed E-state index contributed by atoms with van der Waals surface area (Å²) in [7, 11) is 0. The van der Waals surface area contributed by atoms with Gasteiger partial charge in [-0.15, -0.1) is 0 Å². The molecule has 0 unspecified atom stereocenters. The molecule has 0 bridgehead atoms. The molecule has 2 atom stereocenters. The Kier molecular flexibility index (Phi) is 10.2. The maximum absolute atomic E-state index is 13.6. The highest BCUT2D eigenvalue weighted by molar-refractivity contribution is 5.85. The van der Waals surface area contributed by atoms with Crippen LogP contribution in [0.1, 0.15) is 69.1 Å². The number of rotatable bonds is 12. The van der Waals surface area contributed by atoms with Crippen LogP contribution < -0.4 is 0 Å². The Morgan fingerprint density at radius 1 is 0.783 bits per heavy atom. The molecule has 1 fully saturated rings. The number of hydrogen-bond acceptors (Lipinski definition) is 5. The second-order valence-corrected chi connectivity index (χ2v) is 12.9. The third kappa shape index (κ3) is 7.31. The molecule has 1 aliphatic heterocycles. The Morgan fingerprint density at radius 3 is 1.80 bits per heavy atom. The van der Waals surface area contributed by atoms with Crippen LogP contribution >= 0.6 is 0 Å². The highest BCUT2D eigenvalue weighted by atomic mass is 16.6. The first-order valence-electron chi connectivity index (χ1n) is 16.2. The largest absolute Gasteiger partial charge is 0.458 e. The third-order valence-corrected chi connectivity index (χ3v) is 8.49. The number of urea groups is 1. The number of aromatic nitrogens is 1. The van der Waals surface area contributed by atoms with Crippen molar-refractivity contribution in [1.82, 2.24) is 14.8 Å². The van der Waals surface area contributed by atoms with Crippen molar-refractivity contribution in [1.29, 1.82) is 0 Å². The van der Waals surface area contributed by atoms with Crippen LogP contribution in [0.4, 0.5) is 4.79 Å². The molecule has 4 aromatic rings. The number of benzene rings is 3. The molecule has 240 valence electrons. The van der Waals surface area contributed by atoms with Crippen molar-refractivity contribution in [3.05, 3.63) is 137 Å². The summed E-state index contributed by atoms with van der Waals surface area (Å²) in [6, 6.07) is 35.8. The van der Waals surface area contributed by atoms with Crippen molar-refractivity contribution in [3.63, 3.8) is 0 Å². The molecule has 0 aliphatic carbocycles. The van der Waals surface area contributed by atoms with E-state index in [1.165, 1.54) is 0 Å². The quantitative estimate of drug-likeness (QED) is 0.121. The second-order valence-electron chi connectivity index (χ2n) is 12.9. The van der Waals surface area contributed by atoms with E-state index in [0.29, 0.717) is 19.6 Å². The lowest BCUT2D eigenvalue weighted by Crippen LogP contribution is -2.49. The van der Waals surface area contributed by atoms with Crippen LogP contribution in [-0.2, 0) is 33.0 Å². The molecule has 1 aromatic heterocycles. The zero-order chi connectivity index (χ0) is 32.7. The summed E-state index contributed by atoms with van der Waals surface area (Å²) in [4.78, 5) is 35.2. The number of carbonyl (C=O) groups is 2. The summed E-state index contributed by atoms with van der Waals surface area (Å²) in [5.41, 5.74) is 3.10. The number of esters is 1. The highest BCUT2D eigenvalue weighted by Crippen LogP contribution is 2.41. The monoisotopic (exact) mass is 619 g/mol. The maximum atomic E-state index is 13.6. The number of nitrogens with zero attached hydrogens (tertiary/aromatic N) is 3. The summed E-state index contributed by atoms with van der Waals surface area (Å²) in [5, 5.41) is 0. The standard InChI is InChI=1S/C39H45N3O4/c1-6-29(2)35(36(43)46-38(3,4)5)42-26-25-41(37(42)44)27-33-23-16-24-34(40-33)28-45-39(30-17-10-7-11-18-30,31-19-12-8-13-20-31)32-21-14-9-15-22-32/h7-24,29,35H,6,25-28H2,1-5H3/t29-,35-/m0/s1. The van der Waals surface area contributed by atoms with Gasteiger partial charge >= 0.3 is 12.0 Å². The molecule has 5 rings (SSSR count). The van der Waals surface area contributed by atoms with Crippen molar-refractivity contribution in [2.45, 2.75) is 71.4 Å². The molecule has 2 heterocycles.